The average molecular weight is 520 g/mol. The van der Waals surface area contributed by atoms with Gasteiger partial charge in [0.2, 0.25) is 5.95 Å². The number of aryl methyl sites for hydroxylation is 1. The second-order valence-electron chi connectivity index (χ2n) is 7.70. The Morgan fingerprint density at radius 3 is 2.38 bits per heavy atom. The molecule has 4 rings (SSSR count). The van der Waals surface area contributed by atoms with Crippen LogP contribution in [0.2, 0.25) is 0 Å². The number of nitrogens with two attached hydrogens (primary N) is 1. The third kappa shape index (κ3) is 6.37. The molecule has 192 valence electrons. The number of rotatable bonds is 6. The van der Waals surface area contributed by atoms with Gasteiger partial charge in [-0.1, -0.05) is 0 Å². The first-order chi connectivity index (χ1) is 17.4. The van der Waals surface area contributed by atoms with Crippen LogP contribution in [0.4, 0.5) is 38.0 Å². The van der Waals surface area contributed by atoms with Crippen LogP contribution < -0.4 is 15.8 Å². The molecule has 13 heteroatoms. The Kier molecular flexibility index (Phi) is 6.79. The summed E-state index contributed by atoms with van der Waals surface area (Å²) in [7, 11) is 1.74. The number of fused-ring (bicyclic) bond motifs is 1. The van der Waals surface area contributed by atoms with E-state index in [9.17, 15) is 26.3 Å². The predicted octanol–water partition coefficient (Wildman–Crippen LogP) is 6.30. The van der Waals surface area contributed by atoms with Crippen LogP contribution in [0, 0.1) is 0 Å². The molecule has 2 aromatic carbocycles. The van der Waals surface area contributed by atoms with Gasteiger partial charge in [-0.3, -0.25) is 4.98 Å². The van der Waals surface area contributed by atoms with Crippen LogP contribution >= 0.6 is 0 Å². The van der Waals surface area contributed by atoms with E-state index in [4.69, 9.17) is 10.5 Å². The van der Waals surface area contributed by atoms with Gasteiger partial charge in [0, 0.05) is 43.3 Å². The standard InChI is InChI=1S/C24H18F6N6O/c1-36-20-7-6-16(37-17-8-10-32-19(13-17)21(31)33-11-9-23(25,26)27)12-18(20)35-22(36)34-15-4-2-14(3-5-15)24(28,29)30/h2-13H,1H3,(H2,31,33)(H,34,35)/b11-9+. The molecule has 0 fully saturated rings. The Morgan fingerprint density at radius 1 is 1.00 bits per heavy atom. The van der Waals surface area contributed by atoms with Crippen molar-refractivity contribution in [1.29, 1.82) is 0 Å². The van der Waals surface area contributed by atoms with Gasteiger partial charge in [0.1, 0.15) is 23.0 Å². The number of pyridine rings is 1. The number of nitrogens with one attached hydrogen (secondary N) is 1. The molecule has 0 aliphatic rings. The molecule has 37 heavy (non-hydrogen) atoms. The van der Waals surface area contributed by atoms with Crippen molar-refractivity contribution in [2.45, 2.75) is 12.4 Å². The number of allylic oxidation sites excluding steroid dienone is 1. The lowest BCUT2D eigenvalue weighted by Gasteiger charge is -2.09. The molecule has 3 N–H and O–H groups in total. The largest absolute Gasteiger partial charge is 0.457 e. The summed E-state index contributed by atoms with van der Waals surface area (Å²) < 4.78 is 82.6. The van der Waals surface area contributed by atoms with Gasteiger partial charge >= 0.3 is 12.4 Å². The van der Waals surface area contributed by atoms with E-state index in [0.29, 0.717) is 34.9 Å². The second-order valence-corrected chi connectivity index (χ2v) is 7.70. The lowest BCUT2D eigenvalue weighted by Crippen LogP contribution is -2.14. The smallest absolute Gasteiger partial charge is 0.416 e. The fraction of sp³-hybridized carbons (Fsp3) is 0.125. The predicted molar refractivity (Wildman–Crippen MR) is 126 cm³/mol. The molecule has 0 aliphatic heterocycles. The van der Waals surface area contributed by atoms with Crippen molar-refractivity contribution in [2.75, 3.05) is 5.32 Å². The topological polar surface area (TPSA) is 90.3 Å². The van der Waals surface area contributed by atoms with Crippen LogP contribution in [0.3, 0.4) is 0 Å². The first kappa shape index (κ1) is 25.5. The molecule has 0 bridgehead atoms. The first-order valence-electron chi connectivity index (χ1n) is 10.5. The van der Waals surface area contributed by atoms with Crippen LogP contribution in [0.15, 0.2) is 78.1 Å². The number of hydrogen-bond donors (Lipinski definition) is 2. The Hall–Kier alpha value is -4.55. The van der Waals surface area contributed by atoms with E-state index in [2.05, 4.69) is 20.3 Å². The highest BCUT2D eigenvalue weighted by molar-refractivity contribution is 5.96. The van der Waals surface area contributed by atoms with Crippen LogP contribution in [0.5, 0.6) is 11.5 Å². The Morgan fingerprint density at radius 2 is 1.70 bits per heavy atom. The third-order valence-corrected chi connectivity index (χ3v) is 5.03. The monoisotopic (exact) mass is 520 g/mol. The number of nitrogens with zero attached hydrogens (tertiary/aromatic N) is 4. The minimum absolute atomic E-state index is 0.0526. The van der Waals surface area contributed by atoms with Crippen molar-refractivity contribution in [1.82, 2.24) is 14.5 Å². The molecule has 0 radical (unpaired) electrons. The summed E-state index contributed by atoms with van der Waals surface area (Å²) >= 11 is 0. The van der Waals surface area contributed by atoms with Crippen molar-refractivity contribution < 1.29 is 31.1 Å². The summed E-state index contributed by atoms with van der Waals surface area (Å²) in [6.45, 7) is 0. The van der Waals surface area contributed by atoms with Gasteiger partial charge in [0.05, 0.1) is 16.6 Å². The molecule has 7 nitrogen and oxygen atoms in total. The maximum Gasteiger partial charge on any atom is 0.416 e. The van der Waals surface area contributed by atoms with Crippen molar-refractivity contribution >= 4 is 28.5 Å². The van der Waals surface area contributed by atoms with Crippen molar-refractivity contribution in [3.63, 3.8) is 0 Å². The van der Waals surface area contributed by atoms with E-state index in [1.807, 2.05) is 0 Å². The molecule has 0 spiro atoms. The molecule has 0 aliphatic carbocycles. The maximum atomic E-state index is 12.8. The number of aliphatic imine (C=N–C) groups is 1. The van der Waals surface area contributed by atoms with E-state index in [1.54, 1.807) is 29.8 Å². The van der Waals surface area contributed by atoms with Crippen molar-refractivity contribution in [3.05, 3.63) is 84.3 Å². The number of anilines is 2. The molecule has 4 aromatic rings. The first-order valence-corrected chi connectivity index (χ1v) is 10.5. The Labute approximate surface area is 205 Å². The normalized spacial score (nSPS) is 12.9. The van der Waals surface area contributed by atoms with Crippen LogP contribution in [0.25, 0.3) is 11.0 Å². The van der Waals surface area contributed by atoms with Gasteiger partial charge in [-0.25, -0.2) is 9.98 Å². The third-order valence-electron chi connectivity index (χ3n) is 5.03. The summed E-state index contributed by atoms with van der Waals surface area (Å²) in [5.41, 5.74) is 6.77. The molecule has 2 aromatic heterocycles. The van der Waals surface area contributed by atoms with Crippen LogP contribution in [-0.4, -0.2) is 26.5 Å². The lowest BCUT2D eigenvalue weighted by molar-refractivity contribution is -0.137. The number of benzene rings is 2. The van der Waals surface area contributed by atoms with E-state index in [0.717, 1.165) is 17.6 Å². The minimum atomic E-state index is -4.51. The van der Waals surface area contributed by atoms with Gasteiger partial charge < -0.3 is 20.4 Å². The second kappa shape index (κ2) is 9.84. The highest BCUT2D eigenvalue weighted by Crippen LogP contribution is 2.31. The van der Waals surface area contributed by atoms with E-state index < -0.39 is 17.9 Å². The van der Waals surface area contributed by atoms with E-state index in [1.165, 1.54) is 30.5 Å². The molecule has 0 saturated carbocycles. The number of imidazole rings is 1. The van der Waals surface area contributed by atoms with Gasteiger partial charge in [-0.2, -0.15) is 26.3 Å². The van der Waals surface area contributed by atoms with Crippen LogP contribution in [-0.2, 0) is 13.2 Å². The molecule has 0 saturated heterocycles. The van der Waals surface area contributed by atoms with E-state index >= 15 is 0 Å². The lowest BCUT2D eigenvalue weighted by atomic mass is 10.2. The average Bonchev–Trinajstić information content (AvgIpc) is 3.12. The minimum Gasteiger partial charge on any atom is -0.457 e. The fourth-order valence-electron chi connectivity index (χ4n) is 3.25. The molecule has 0 amide bonds. The number of amidine groups is 1. The summed E-state index contributed by atoms with van der Waals surface area (Å²) in [4.78, 5) is 12.0. The number of hydrogen-bond acceptors (Lipinski definition) is 5. The zero-order valence-electron chi connectivity index (χ0n) is 19.0. The SMILES string of the molecule is Cn1c(Nc2ccc(C(F)(F)F)cc2)nc2cc(Oc3ccnc(C(N)=N/C=C/C(F)(F)F)c3)ccc21. The fourth-order valence-corrected chi connectivity index (χ4v) is 3.25. The van der Waals surface area contributed by atoms with Gasteiger partial charge in [-0.05, 0) is 42.5 Å². The van der Waals surface area contributed by atoms with E-state index in [-0.39, 0.29) is 17.6 Å². The van der Waals surface area contributed by atoms with Gasteiger partial charge in [0.25, 0.3) is 0 Å². The highest BCUT2D eigenvalue weighted by Gasteiger charge is 2.30. The number of aromatic nitrogens is 3. The molecular formula is C24H18F6N6O. The number of alkyl halides is 6. The Bertz CT molecular complexity index is 1470. The summed E-state index contributed by atoms with van der Waals surface area (Å²) in [5, 5.41) is 2.99. The molecule has 0 unspecified atom stereocenters. The van der Waals surface area contributed by atoms with Crippen molar-refractivity contribution in [3.8, 4) is 11.5 Å². The highest BCUT2D eigenvalue weighted by atomic mass is 19.4. The summed E-state index contributed by atoms with van der Waals surface area (Å²) in [6, 6.07) is 12.6. The van der Waals surface area contributed by atoms with Crippen molar-refractivity contribution in [2.24, 2.45) is 17.8 Å². The van der Waals surface area contributed by atoms with Crippen LogP contribution in [0.1, 0.15) is 11.3 Å². The zero-order chi connectivity index (χ0) is 26.8. The summed E-state index contributed by atoms with van der Waals surface area (Å²) in [5.74, 6) is 0.872. The van der Waals surface area contributed by atoms with Gasteiger partial charge in [-0.15, -0.1) is 0 Å². The molecular weight excluding hydrogens is 502 g/mol. The summed E-state index contributed by atoms with van der Waals surface area (Å²) in [6.07, 6.45) is -7.09. The molecule has 0 atom stereocenters. The zero-order valence-corrected chi connectivity index (χ0v) is 19.0. The Balaban J connectivity index is 1.52. The van der Waals surface area contributed by atoms with Gasteiger partial charge in [0.15, 0.2) is 0 Å². The maximum absolute atomic E-state index is 12.8. The molecule has 2 heterocycles. The quantitative estimate of drug-likeness (QED) is 0.177. The number of ether oxygens (including phenoxy) is 1. The number of halogens is 6.